The van der Waals surface area contributed by atoms with Gasteiger partial charge in [0.2, 0.25) is 5.91 Å². The van der Waals surface area contributed by atoms with Crippen LogP contribution in [0.2, 0.25) is 0 Å². The molecule has 0 saturated carbocycles. The van der Waals surface area contributed by atoms with Crippen LogP contribution in [-0.2, 0) is 16.0 Å². The highest BCUT2D eigenvalue weighted by Crippen LogP contribution is 2.19. The van der Waals surface area contributed by atoms with Crippen LogP contribution in [0.3, 0.4) is 0 Å². The maximum absolute atomic E-state index is 11.7. The number of pyridine rings is 1. The summed E-state index contributed by atoms with van der Waals surface area (Å²) in [7, 11) is 0. The summed E-state index contributed by atoms with van der Waals surface area (Å²) in [6, 6.07) is 5.66. The molecule has 2 N–H and O–H groups in total. The van der Waals surface area contributed by atoms with E-state index < -0.39 is 5.60 Å². The summed E-state index contributed by atoms with van der Waals surface area (Å²) in [5, 5.41) is 13.0. The smallest absolute Gasteiger partial charge is 0.220 e. The average Bonchev–Trinajstić information content (AvgIpc) is 2.45. The monoisotopic (exact) mass is 264 g/mol. The van der Waals surface area contributed by atoms with Crippen molar-refractivity contribution in [3.63, 3.8) is 0 Å². The van der Waals surface area contributed by atoms with E-state index in [1.54, 1.807) is 6.20 Å². The molecule has 5 heteroatoms. The van der Waals surface area contributed by atoms with Gasteiger partial charge in [-0.2, -0.15) is 0 Å². The van der Waals surface area contributed by atoms with Gasteiger partial charge in [-0.1, -0.05) is 6.07 Å². The molecule has 0 aliphatic carbocycles. The molecule has 2 heterocycles. The van der Waals surface area contributed by atoms with Gasteiger partial charge in [0.05, 0.1) is 5.60 Å². The maximum Gasteiger partial charge on any atom is 0.220 e. The van der Waals surface area contributed by atoms with Gasteiger partial charge < -0.3 is 15.2 Å². The van der Waals surface area contributed by atoms with E-state index in [9.17, 15) is 9.90 Å². The highest BCUT2D eigenvalue weighted by molar-refractivity contribution is 5.76. The molecule has 0 unspecified atom stereocenters. The Kier molecular flexibility index (Phi) is 4.87. The number of carbonyl (C=O) groups excluding carboxylic acids is 1. The minimum atomic E-state index is -0.807. The second-order valence-corrected chi connectivity index (χ2v) is 4.93. The van der Waals surface area contributed by atoms with Gasteiger partial charge in [0.15, 0.2) is 0 Å². The van der Waals surface area contributed by atoms with E-state index in [0.29, 0.717) is 45.4 Å². The summed E-state index contributed by atoms with van der Waals surface area (Å²) in [6.07, 6.45) is 3.89. The first kappa shape index (κ1) is 14.0. The molecule has 0 radical (unpaired) electrons. The first-order valence-corrected chi connectivity index (χ1v) is 6.65. The van der Waals surface area contributed by atoms with Crippen LogP contribution in [0.1, 0.15) is 25.0 Å². The van der Waals surface area contributed by atoms with E-state index in [-0.39, 0.29) is 5.91 Å². The van der Waals surface area contributed by atoms with Crippen LogP contribution in [0.15, 0.2) is 24.4 Å². The Morgan fingerprint density at radius 2 is 2.21 bits per heavy atom. The lowest BCUT2D eigenvalue weighted by Gasteiger charge is -2.32. The van der Waals surface area contributed by atoms with Crippen molar-refractivity contribution < 1.29 is 14.6 Å². The maximum atomic E-state index is 11.7. The first-order valence-electron chi connectivity index (χ1n) is 6.65. The normalized spacial score (nSPS) is 17.9. The minimum absolute atomic E-state index is 0.0504. The summed E-state index contributed by atoms with van der Waals surface area (Å²) in [5.74, 6) is -0.0504. The molecule has 1 aromatic rings. The van der Waals surface area contributed by atoms with Gasteiger partial charge in [-0.05, 0) is 18.6 Å². The fourth-order valence-electron chi connectivity index (χ4n) is 2.07. The van der Waals surface area contributed by atoms with Crippen LogP contribution in [0, 0.1) is 0 Å². The molecule has 19 heavy (non-hydrogen) atoms. The zero-order valence-corrected chi connectivity index (χ0v) is 11.0. The number of ether oxygens (including phenoxy) is 1. The predicted octanol–water partition coefficient (Wildman–Crippen LogP) is 0.672. The number of hydrogen-bond acceptors (Lipinski definition) is 4. The van der Waals surface area contributed by atoms with Gasteiger partial charge in [-0.3, -0.25) is 9.78 Å². The zero-order valence-electron chi connectivity index (χ0n) is 11.0. The van der Waals surface area contributed by atoms with E-state index in [1.807, 2.05) is 18.2 Å². The lowest BCUT2D eigenvalue weighted by molar-refractivity contribution is -0.123. The van der Waals surface area contributed by atoms with Gasteiger partial charge in [-0.25, -0.2) is 0 Å². The average molecular weight is 264 g/mol. The summed E-state index contributed by atoms with van der Waals surface area (Å²) < 4.78 is 5.20. The minimum Gasteiger partial charge on any atom is -0.388 e. The van der Waals surface area contributed by atoms with Gasteiger partial charge in [-0.15, -0.1) is 0 Å². The lowest BCUT2D eigenvalue weighted by Crippen LogP contribution is -2.46. The van der Waals surface area contributed by atoms with Gasteiger partial charge in [0, 0.05) is 50.9 Å². The molecule has 1 aromatic heterocycles. The lowest BCUT2D eigenvalue weighted by atomic mass is 9.94. The Balaban J connectivity index is 1.70. The molecule has 0 aromatic carbocycles. The van der Waals surface area contributed by atoms with Crippen molar-refractivity contribution in [2.24, 2.45) is 0 Å². The molecule has 1 fully saturated rings. The summed E-state index contributed by atoms with van der Waals surface area (Å²) in [4.78, 5) is 15.9. The van der Waals surface area contributed by atoms with Crippen molar-refractivity contribution in [3.05, 3.63) is 30.1 Å². The highest BCUT2D eigenvalue weighted by Gasteiger charge is 2.29. The van der Waals surface area contributed by atoms with Crippen molar-refractivity contribution in [1.29, 1.82) is 0 Å². The molecule has 1 amide bonds. The van der Waals surface area contributed by atoms with Crippen LogP contribution in [0.5, 0.6) is 0 Å². The third-order valence-corrected chi connectivity index (χ3v) is 3.37. The van der Waals surface area contributed by atoms with Crippen molar-refractivity contribution in [3.8, 4) is 0 Å². The molecule has 0 spiro atoms. The van der Waals surface area contributed by atoms with Crippen LogP contribution in [-0.4, -0.2) is 41.4 Å². The summed E-state index contributed by atoms with van der Waals surface area (Å²) in [5.41, 5.74) is 0.0984. The number of aryl methyl sites for hydroxylation is 1. The van der Waals surface area contributed by atoms with Crippen molar-refractivity contribution >= 4 is 5.91 Å². The highest BCUT2D eigenvalue weighted by atomic mass is 16.5. The standard InChI is InChI=1S/C14H20N2O3/c17-13(5-4-12-3-1-2-8-15-12)16-11-14(18)6-9-19-10-7-14/h1-3,8,18H,4-7,9-11H2,(H,16,17). The number of amides is 1. The van der Waals surface area contributed by atoms with Crippen molar-refractivity contribution in [1.82, 2.24) is 10.3 Å². The molecule has 5 nitrogen and oxygen atoms in total. The topological polar surface area (TPSA) is 71.5 Å². The van der Waals surface area contributed by atoms with E-state index in [1.165, 1.54) is 0 Å². The number of aliphatic hydroxyl groups is 1. The Hall–Kier alpha value is -1.46. The van der Waals surface area contributed by atoms with E-state index in [2.05, 4.69) is 10.3 Å². The number of aromatic nitrogens is 1. The van der Waals surface area contributed by atoms with Crippen molar-refractivity contribution in [2.45, 2.75) is 31.3 Å². The largest absolute Gasteiger partial charge is 0.388 e. The second-order valence-electron chi connectivity index (χ2n) is 4.93. The molecule has 0 atom stereocenters. The van der Waals surface area contributed by atoms with Crippen LogP contribution < -0.4 is 5.32 Å². The second kappa shape index (κ2) is 6.63. The number of nitrogens with one attached hydrogen (secondary N) is 1. The third-order valence-electron chi connectivity index (χ3n) is 3.37. The quantitative estimate of drug-likeness (QED) is 0.820. The SMILES string of the molecule is O=C(CCc1ccccn1)NCC1(O)CCOCC1. The molecular formula is C14H20N2O3. The van der Waals surface area contributed by atoms with Gasteiger partial charge >= 0.3 is 0 Å². The van der Waals surface area contributed by atoms with E-state index >= 15 is 0 Å². The van der Waals surface area contributed by atoms with Crippen LogP contribution in [0.25, 0.3) is 0 Å². The van der Waals surface area contributed by atoms with Gasteiger partial charge in [0.1, 0.15) is 0 Å². The Morgan fingerprint density at radius 1 is 1.42 bits per heavy atom. The number of hydrogen-bond donors (Lipinski definition) is 2. The number of rotatable bonds is 5. The Bertz CT molecular complexity index is 402. The Labute approximate surface area is 113 Å². The fourth-order valence-corrected chi connectivity index (χ4v) is 2.07. The number of carbonyl (C=O) groups is 1. The van der Waals surface area contributed by atoms with E-state index in [4.69, 9.17) is 4.74 Å². The summed E-state index contributed by atoms with van der Waals surface area (Å²) in [6.45, 7) is 1.41. The van der Waals surface area contributed by atoms with Crippen LogP contribution in [0.4, 0.5) is 0 Å². The molecule has 1 saturated heterocycles. The van der Waals surface area contributed by atoms with E-state index in [0.717, 1.165) is 5.69 Å². The fraction of sp³-hybridized carbons (Fsp3) is 0.571. The van der Waals surface area contributed by atoms with Gasteiger partial charge in [0.25, 0.3) is 0 Å². The predicted molar refractivity (Wildman–Crippen MR) is 70.6 cm³/mol. The molecule has 1 aliphatic heterocycles. The first-order chi connectivity index (χ1) is 9.18. The summed E-state index contributed by atoms with van der Waals surface area (Å²) >= 11 is 0. The van der Waals surface area contributed by atoms with Crippen LogP contribution >= 0.6 is 0 Å². The molecular weight excluding hydrogens is 244 g/mol. The number of nitrogens with zero attached hydrogens (tertiary/aromatic N) is 1. The molecule has 0 bridgehead atoms. The molecule has 1 aliphatic rings. The molecule has 2 rings (SSSR count). The Morgan fingerprint density at radius 3 is 2.89 bits per heavy atom. The third kappa shape index (κ3) is 4.61. The van der Waals surface area contributed by atoms with Crippen molar-refractivity contribution in [2.75, 3.05) is 19.8 Å². The molecule has 104 valence electrons. The zero-order chi connectivity index (χ0) is 13.6.